The molecule has 3 aromatic rings. The Morgan fingerprint density at radius 2 is 1.96 bits per heavy atom. The summed E-state index contributed by atoms with van der Waals surface area (Å²) in [6, 6.07) is 18.4. The second-order valence-electron chi connectivity index (χ2n) is 6.54. The molecule has 1 aliphatic rings. The van der Waals surface area contributed by atoms with Crippen LogP contribution in [0.5, 0.6) is 0 Å². The number of carbonyl (C=O) groups is 1. The quantitative estimate of drug-likeness (QED) is 0.636. The van der Waals surface area contributed by atoms with Crippen LogP contribution in [0.3, 0.4) is 0 Å². The Kier molecular flexibility index (Phi) is 5.09. The van der Waals surface area contributed by atoms with Crippen LogP contribution in [0.15, 0.2) is 65.3 Å². The molecule has 0 N–H and O–H groups in total. The van der Waals surface area contributed by atoms with Gasteiger partial charge in [0.25, 0.3) is 0 Å². The summed E-state index contributed by atoms with van der Waals surface area (Å²) in [5.74, 6) is 0.186. The Labute approximate surface area is 161 Å². The van der Waals surface area contributed by atoms with Crippen molar-refractivity contribution in [3.8, 4) is 0 Å². The molecule has 4 nitrogen and oxygen atoms in total. The Hall–Kier alpha value is -2.11. The van der Waals surface area contributed by atoms with E-state index in [1.54, 1.807) is 0 Å². The fourth-order valence-electron chi connectivity index (χ4n) is 3.50. The lowest BCUT2D eigenvalue weighted by molar-refractivity contribution is -0.139. The molecule has 2 aromatic carbocycles. The summed E-state index contributed by atoms with van der Waals surface area (Å²) in [6.07, 6.45) is 2.52. The zero-order chi connectivity index (χ0) is 17.9. The average Bonchev–Trinajstić information content (AvgIpc) is 3.11. The number of benzene rings is 2. The second kappa shape index (κ2) is 7.64. The number of halogens is 1. The molecule has 0 spiro atoms. The van der Waals surface area contributed by atoms with Gasteiger partial charge in [-0.15, -0.1) is 0 Å². The molecule has 0 bridgehead atoms. The van der Waals surface area contributed by atoms with Gasteiger partial charge in [0.05, 0.1) is 13.2 Å². The van der Waals surface area contributed by atoms with E-state index >= 15 is 0 Å². The summed E-state index contributed by atoms with van der Waals surface area (Å²) in [5, 5.41) is 1.18. The monoisotopic (exact) mass is 412 g/mol. The van der Waals surface area contributed by atoms with Gasteiger partial charge >= 0.3 is 0 Å². The Morgan fingerprint density at radius 1 is 1.12 bits per heavy atom. The summed E-state index contributed by atoms with van der Waals surface area (Å²) in [7, 11) is 0. The van der Waals surface area contributed by atoms with E-state index in [0.717, 1.165) is 15.6 Å². The summed E-state index contributed by atoms with van der Waals surface area (Å²) in [6.45, 7) is 2.57. The second-order valence-corrected chi connectivity index (χ2v) is 7.40. The van der Waals surface area contributed by atoms with E-state index < -0.39 is 0 Å². The third-order valence-electron chi connectivity index (χ3n) is 4.92. The van der Waals surface area contributed by atoms with E-state index in [2.05, 4.69) is 51.0 Å². The molecule has 2 heterocycles. The van der Waals surface area contributed by atoms with Crippen LogP contribution in [-0.4, -0.2) is 35.1 Å². The number of amides is 1. The standard InChI is InChI=1S/C21H21BrN2O2/c22-18-7-4-8-19-17(18)9-11-23(19)12-10-21(25)24-13-14-26-20(15-24)16-5-2-1-3-6-16/h1-9,11,20H,10,12-15H2. The van der Waals surface area contributed by atoms with Crippen molar-refractivity contribution in [2.24, 2.45) is 0 Å². The number of morpholine rings is 1. The van der Waals surface area contributed by atoms with Gasteiger partial charge in [0, 0.05) is 41.1 Å². The first-order valence-corrected chi connectivity index (χ1v) is 9.69. The normalized spacial score (nSPS) is 17.6. The molecule has 1 atom stereocenters. The van der Waals surface area contributed by atoms with E-state index in [1.807, 2.05) is 35.2 Å². The highest BCUT2D eigenvalue weighted by Crippen LogP contribution is 2.25. The van der Waals surface area contributed by atoms with E-state index in [4.69, 9.17) is 4.74 Å². The molecule has 0 saturated carbocycles. The van der Waals surface area contributed by atoms with Crippen molar-refractivity contribution in [3.63, 3.8) is 0 Å². The molecule has 1 amide bonds. The minimum Gasteiger partial charge on any atom is -0.370 e. The third kappa shape index (κ3) is 3.55. The molecular weight excluding hydrogens is 392 g/mol. The van der Waals surface area contributed by atoms with Gasteiger partial charge in [-0.2, -0.15) is 0 Å². The molecule has 1 aliphatic heterocycles. The van der Waals surface area contributed by atoms with Crippen LogP contribution in [-0.2, 0) is 16.1 Å². The molecule has 4 rings (SSSR count). The fraction of sp³-hybridized carbons (Fsp3) is 0.286. The number of aromatic nitrogens is 1. The lowest BCUT2D eigenvalue weighted by Gasteiger charge is -2.33. The molecule has 0 radical (unpaired) electrons. The lowest BCUT2D eigenvalue weighted by atomic mass is 10.1. The van der Waals surface area contributed by atoms with Crippen molar-refractivity contribution in [2.45, 2.75) is 19.1 Å². The van der Waals surface area contributed by atoms with Crippen LogP contribution >= 0.6 is 15.9 Å². The molecule has 0 aliphatic carbocycles. The van der Waals surface area contributed by atoms with E-state index in [9.17, 15) is 4.79 Å². The first-order chi connectivity index (χ1) is 12.7. The zero-order valence-corrected chi connectivity index (χ0v) is 16.1. The van der Waals surface area contributed by atoms with Crippen molar-refractivity contribution >= 4 is 32.7 Å². The van der Waals surface area contributed by atoms with Gasteiger partial charge in [-0.3, -0.25) is 4.79 Å². The predicted octanol–water partition coefficient (Wildman–Crippen LogP) is 4.39. The number of fused-ring (bicyclic) bond motifs is 1. The number of nitrogens with zero attached hydrogens (tertiary/aromatic N) is 2. The summed E-state index contributed by atoms with van der Waals surface area (Å²) in [5.41, 5.74) is 2.28. The fourth-order valence-corrected chi connectivity index (χ4v) is 3.99. The van der Waals surface area contributed by atoms with Crippen molar-refractivity contribution < 1.29 is 9.53 Å². The molecule has 1 unspecified atom stereocenters. The molecular formula is C21H21BrN2O2. The lowest BCUT2D eigenvalue weighted by Crippen LogP contribution is -2.42. The van der Waals surface area contributed by atoms with Gasteiger partial charge in [-0.25, -0.2) is 0 Å². The van der Waals surface area contributed by atoms with Crippen molar-refractivity contribution in [3.05, 3.63) is 70.8 Å². The number of hydrogen-bond donors (Lipinski definition) is 0. The van der Waals surface area contributed by atoms with Gasteiger partial charge in [-0.05, 0) is 23.8 Å². The van der Waals surface area contributed by atoms with Crippen molar-refractivity contribution in [1.82, 2.24) is 9.47 Å². The predicted molar refractivity (Wildman–Crippen MR) is 106 cm³/mol. The minimum atomic E-state index is -0.0303. The SMILES string of the molecule is O=C(CCn1ccc2c(Br)cccc21)N1CCOC(c2ccccc2)C1. The summed E-state index contributed by atoms with van der Waals surface area (Å²) in [4.78, 5) is 14.7. The largest absolute Gasteiger partial charge is 0.370 e. The molecule has 1 fully saturated rings. The first-order valence-electron chi connectivity index (χ1n) is 8.90. The third-order valence-corrected chi connectivity index (χ3v) is 5.61. The van der Waals surface area contributed by atoms with E-state index in [0.29, 0.717) is 32.7 Å². The van der Waals surface area contributed by atoms with Crippen LogP contribution in [0.4, 0.5) is 0 Å². The first kappa shape index (κ1) is 17.3. The van der Waals surface area contributed by atoms with Gasteiger partial charge in [-0.1, -0.05) is 52.3 Å². The Morgan fingerprint density at radius 3 is 2.81 bits per heavy atom. The Balaban J connectivity index is 1.40. The van der Waals surface area contributed by atoms with Crippen LogP contribution in [0.1, 0.15) is 18.1 Å². The number of aryl methyl sites for hydroxylation is 1. The van der Waals surface area contributed by atoms with Gasteiger partial charge in [0.15, 0.2) is 0 Å². The van der Waals surface area contributed by atoms with E-state index in [-0.39, 0.29) is 12.0 Å². The minimum absolute atomic E-state index is 0.0303. The van der Waals surface area contributed by atoms with Gasteiger partial charge in [0.2, 0.25) is 5.91 Å². The number of hydrogen-bond acceptors (Lipinski definition) is 2. The van der Waals surface area contributed by atoms with Crippen LogP contribution in [0.2, 0.25) is 0 Å². The maximum Gasteiger partial charge on any atom is 0.224 e. The molecule has 1 aromatic heterocycles. The highest BCUT2D eigenvalue weighted by Gasteiger charge is 2.25. The van der Waals surface area contributed by atoms with Gasteiger partial charge < -0.3 is 14.2 Å². The van der Waals surface area contributed by atoms with Crippen molar-refractivity contribution in [2.75, 3.05) is 19.7 Å². The molecule has 26 heavy (non-hydrogen) atoms. The maximum atomic E-state index is 12.7. The summed E-state index contributed by atoms with van der Waals surface area (Å²) >= 11 is 3.58. The smallest absolute Gasteiger partial charge is 0.224 e. The van der Waals surface area contributed by atoms with Crippen LogP contribution in [0.25, 0.3) is 10.9 Å². The van der Waals surface area contributed by atoms with E-state index in [1.165, 1.54) is 5.39 Å². The zero-order valence-electron chi connectivity index (χ0n) is 14.5. The van der Waals surface area contributed by atoms with Crippen LogP contribution in [0, 0.1) is 0 Å². The highest BCUT2D eigenvalue weighted by molar-refractivity contribution is 9.10. The highest BCUT2D eigenvalue weighted by atomic mass is 79.9. The number of carbonyl (C=O) groups excluding carboxylic acids is 1. The van der Waals surface area contributed by atoms with Crippen molar-refractivity contribution in [1.29, 1.82) is 0 Å². The summed E-state index contributed by atoms with van der Waals surface area (Å²) < 4.78 is 9.09. The van der Waals surface area contributed by atoms with Crippen LogP contribution < -0.4 is 0 Å². The Bertz CT molecular complexity index is 907. The number of rotatable bonds is 4. The molecule has 134 valence electrons. The molecule has 5 heteroatoms. The average molecular weight is 413 g/mol. The number of ether oxygens (including phenoxy) is 1. The topological polar surface area (TPSA) is 34.5 Å². The maximum absolute atomic E-state index is 12.7. The van der Waals surface area contributed by atoms with Gasteiger partial charge in [0.1, 0.15) is 6.10 Å². The molecule has 1 saturated heterocycles.